The molecule has 0 amide bonds. The van der Waals surface area contributed by atoms with Gasteiger partial charge in [-0.25, -0.2) is 0 Å². The van der Waals surface area contributed by atoms with Gasteiger partial charge in [0.05, 0.1) is 18.2 Å². The number of benzene rings is 2. The second-order valence-electron chi connectivity index (χ2n) is 5.75. The molecule has 0 saturated carbocycles. The summed E-state index contributed by atoms with van der Waals surface area (Å²) in [6.45, 7) is 2.67. The standard InChI is InChI=1S/C18H17N3O.CH2O2/c1-18(12-22-11-17(20)21-18)16-7-3-6-15(9-16)14-5-2-4-13(8-14)10-19;2-1-3/h2-9H,11-12H2,1H3,(H2,20,21);1H,(H,2,3). The molecule has 3 rings (SSSR count). The van der Waals surface area contributed by atoms with E-state index >= 15 is 0 Å². The van der Waals surface area contributed by atoms with Crippen LogP contribution in [0.25, 0.3) is 11.1 Å². The van der Waals surface area contributed by atoms with Gasteiger partial charge in [0.1, 0.15) is 18.0 Å². The average Bonchev–Trinajstić information content (AvgIpc) is 2.62. The third-order valence-corrected chi connectivity index (χ3v) is 3.83. The minimum atomic E-state index is -0.467. The largest absolute Gasteiger partial charge is 0.483 e. The smallest absolute Gasteiger partial charge is 0.290 e. The molecule has 2 aromatic carbocycles. The minimum Gasteiger partial charge on any atom is -0.483 e. The van der Waals surface area contributed by atoms with Crippen molar-refractivity contribution in [1.29, 1.82) is 5.26 Å². The van der Waals surface area contributed by atoms with E-state index in [1.54, 1.807) is 6.07 Å². The Bertz CT molecular complexity index is 827. The Labute approximate surface area is 146 Å². The second-order valence-corrected chi connectivity index (χ2v) is 5.75. The molecular formula is C19H19N3O3. The topological polar surface area (TPSA) is 109 Å². The number of hydrogen-bond donors (Lipinski definition) is 2. The zero-order valence-corrected chi connectivity index (χ0v) is 13.8. The van der Waals surface area contributed by atoms with Crippen molar-refractivity contribution < 1.29 is 14.6 Å². The molecule has 1 heterocycles. The third kappa shape index (κ3) is 4.43. The van der Waals surface area contributed by atoms with Crippen LogP contribution in [-0.2, 0) is 15.1 Å². The Morgan fingerprint density at radius 2 is 1.92 bits per heavy atom. The molecule has 0 aliphatic carbocycles. The van der Waals surface area contributed by atoms with Crippen molar-refractivity contribution in [2.45, 2.75) is 12.5 Å². The fraction of sp³-hybridized carbons (Fsp3) is 0.211. The number of ether oxygens (including phenoxy) is 1. The van der Waals surface area contributed by atoms with Gasteiger partial charge in [-0.2, -0.15) is 5.26 Å². The predicted octanol–water partition coefficient (Wildman–Crippen LogP) is 2.53. The van der Waals surface area contributed by atoms with E-state index < -0.39 is 5.54 Å². The first kappa shape index (κ1) is 18.2. The normalized spacial score (nSPS) is 19.0. The van der Waals surface area contributed by atoms with Gasteiger partial charge in [-0.05, 0) is 41.8 Å². The average molecular weight is 337 g/mol. The molecule has 6 heteroatoms. The SMILES string of the molecule is CC1(c2cccc(-c3cccc(C#N)c3)c2)COCC(N)=N1.O=CO. The van der Waals surface area contributed by atoms with Crippen LogP contribution in [-0.4, -0.2) is 30.6 Å². The summed E-state index contributed by atoms with van der Waals surface area (Å²) < 4.78 is 5.54. The molecule has 0 saturated heterocycles. The van der Waals surface area contributed by atoms with Crippen LogP contribution in [0, 0.1) is 11.3 Å². The molecule has 2 aromatic rings. The first-order chi connectivity index (χ1) is 12.0. The number of hydrogen-bond acceptors (Lipinski definition) is 5. The van der Waals surface area contributed by atoms with Gasteiger partial charge in [0, 0.05) is 0 Å². The number of nitrogens with two attached hydrogens (primary N) is 1. The Morgan fingerprint density at radius 1 is 1.28 bits per heavy atom. The van der Waals surface area contributed by atoms with Crippen LogP contribution in [0.4, 0.5) is 0 Å². The molecule has 0 radical (unpaired) electrons. The van der Waals surface area contributed by atoms with Gasteiger partial charge >= 0.3 is 0 Å². The highest BCUT2D eigenvalue weighted by atomic mass is 16.5. The van der Waals surface area contributed by atoms with Crippen molar-refractivity contribution in [2.24, 2.45) is 10.7 Å². The number of aliphatic imine (C=N–C) groups is 1. The van der Waals surface area contributed by atoms with Crippen molar-refractivity contribution in [2.75, 3.05) is 13.2 Å². The van der Waals surface area contributed by atoms with Gasteiger partial charge < -0.3 is 15.6 Å². The van der Waals surface area contributed by atoms with Crippen molar-refractivity contribution in [3.8, 4) is 17.2 Å². The summed E-state index contributed by atoms with van der Waals surface area (Å²) >= 11 is 0. The van der Waals surface area contributed by atoms with Crippen LogP contribution in [0.3, 0.4) is 0 Å². The van der Waals surface area contributed by atoms with Crippen molar-refractivity contribution in [3.05, 3.63) is 59.7 Å². The van der Waals surface area contributed by atoms with Crippen LogP contribution < -0.4 is 5.73 Å². The monoisotopic (exact) mass is 337 g/mol. The lowest BCUT2D eigenvalue weighted by Gasteiger charge is -2.30. The van der Waals surface area contributed by atoms with Crippen LogP contribution >= 0.6 is 0 Å². The van der Waals surface area contributed by atoms with E-state index in [1.807, 2.05) is 43.3 Å². The number of carboxylic acid groups (broad SMARTS) is 1. The molecule has 3 N–H and O–H groups in total. The summed E-state index contributed by atoms with van der Waals surface area (Å²) in [5, 5.41) is 15.9. The van der Waals surface area contributed by atoms with E-state index in [9.17, 15) is 0 Å². The number of nitrogens with zero attached hydrogens (tertiary/aromatic N) is 2. The Hall–Kier alpha value is -3.17. The number of rotatable bonds is 2. The zero-order valence-electron chi connectivity index (χ0n) is 13.8. The number of carbonyl (C=O) groups is 1. The molecule has 1 aliphatic heterocycles. The Balaban J connectivity index is 0.000000701. The summed E-state index contributed by atoms with van der Waals surface area (Å²) in [6.07, 6.45) is 0. The first-order valence-corrected chi connectivity index (χ1v) is 7.63. The minimum absolute atomic E-state index is 0.250. The highest BCUT2D eigenvalue weighted by Crippen LogP contribution is 2.31. The molecule has 1 aliphatic rings. The summed E-state index contributed by atoms with van der Waals surface area (Å²) in [6, 6.07) is 17.9. The third-order valence-electron chi connectivity index (χ3n) is 3.83. The lowest BCUT2D eigenvalue weighted by molar-refractivity contribution is -0.122. The Kier molecular flexibility index (Phi) is 5.88. The molecule has 0 aromatic heterocycles. The van der Waals surface area contributed by atoms with Gasteiger partial charge in [-0.15, -0.1) is 0 Å². The van der Waals surface area contributed by atoms with E-state index in [4.69, 9.17) is 25.6 Å². The molecule has 25 heavy (non-hydrogen) atoms. The molecular weight excluding hydrogens is 318 g/mol. The van der Waals surface area contributed by atoms with E-state index in [1.165, 1.54) is 0 Å². The zero-order chi connectivity index (χ0) is 18.3. The number of amidine groups is 1. The molecule has 0 bridgehead atoms. The quantitative estimate of drug-likeness (QED) is 0.819. The van der Waals surface area contributed by atoms with E-state index in [2.05, 4.69) is 17.1 Å². The lowest BCUT2D eigenvalue weighted by atomic mass is 9.90. The Morgan fingerprint density at radius 3 is 2.56 bits per heavy atom. The van der Waals surface area contributed by atoms with E-state index in [0.717, 1.165) is 16.7 Å². The fourth-order valence-corrected chi connectivity index (χ4v) is 2.69. The highest BCUT2D eigenvalue weighted by molar-refractivity contribution is 5.82. The molecule has 0 fully saturated rings. The maximum Gasteiger partial charge on any atom is 0.290 e. The van der Waals surface area contributed by atoms with Crippen LogP contribution in [0.15, 0.2) is 53.5 Å². The maximum atomic E-state index is 9.04. The molecule has 1 atom stereocenters. The van der Waals surface area contributed by atoms with Gasteiger partial charge in [-0.1, -0.05) is 30.3 Å². The van der Waals surface area contributed by atoms with E-state index in [0.29, 0.717) is 24.6 Å². The van der Waals surface area contributed by atoms with Gasteiger partial charge in [0.15, 0.2) is 0 Å². The highest BCUT2D eigenvalue weighted by Gasteiger charge is 2.30. The summed E-state index contributed by atoms with van der Waals surface area (Å²) in [4.78, 5) is 12.9. The second kappa shape index (κ2) is 8.08. The van der Waals surface area contributed by atoms with Crippen molar-refractivity contribution in [1.82, 2.24) is 0 Å². The molecule has 1 unspecified atom stereocenters. The summed E-state index contributed by atoms with van der Waals surface area (Å²) in [7, 11) is 0. The molecule has 128 valence electrons. The van der Waals surface area contributed by atoms with Gasteiger partial charge in [0.2, 0.25) is 0 Å². The molecule has 6 nitrogen and oxygen atoms in total. The van der Waals surface area contributed by atoms with Crippen LogP contribution in [0.2, 0.25) is 0 Å². The summed E-state index contributed by atoms with van der Waals surface area (Å²) in [5.41, 5.74) is 9.12. The fourth-order valence-electron chi connectivity index (χ4n) is 2.69. The van der Waals surface area contributed by atoms with Gasteiger partial charge in [-0.3, -0.25) is 9.79 Å². The van der Waals surface area contributed by atoms with Crippen molar-refractivity contribution >= 4 is 12.3 Å². The first-order valence-electron chi connectivity index (χ1n) is 7.63. The van der Waals surface area contributed by atoms with Crippen molar-refractivity contribution in [3.63, 3.8) is 0 Å². The summed E-state index contributed by atoms with van der Waals surface area (Å²) in [5.74, 6) is 0.519. The van der Waals surface area contributed by atoms with Gasteiger partial charge in [0.25, 0.3) is 6.47 Å². The number of nitriles is 1. The van der Waals surface area contributed by atoms with Crippen LogP contribution in [0.5, 0.6) is 0 Å². The maximum absolute atomic E-state index is 9.04. The predicted molar refractivity (Wildman–Crippen MR) is 95.1 cm³/mol. The lowest BCUT2D eigenvalue weighted by Crippen LogP contribution is -2.37. The van der Waals surface area contributed by atoms with Crippen LogP contribution in [0.1, 0.15) is 18.1 Å². The van der Waals surface area contributed by atoms with E-state index in [-0.39, 0.29) is 6.47 Å². The molecule has 0 spiro atoms.